The summed E-state index contributed by atoms with van der Waals surface area (Å²) in [5, 5.41) is 3.71. The average Bonchev–Trinajstić information content (AvgIpc) is 3.34. The number of carbonyl (C=O) groups excluding carboxylic acids is 1. The van der Waals surface area contributed by atoms with Crippen molar-refractivity contribution in [3.05, 3.63) is 53.9 Å². The minimum Gasteiger partial charge on any atom is -0.454 e. The van der Waals surface area contributed by atoms with Crippen molar-refractivity contribution < 1.29 is 41.4 Å². The van der Waals surface area contributed by atoms with Crippen molar-refractivity contribution in [2.45, 2.75) is 13.0 Å². The Morgan fingerprint density at radius 1 is 1.07 bits per heavy atom. The zero-order valence-corrected chi connectivity index (χ0v) is 14.4. The predicted octanol–water partition coefficient (Wildman–Crippen LogP) is 3.72. The van der Waals surface area contributed by atoms with E-state index in [9.17, 15) is 18.0 Å². The highest BCUT2D eigenvalue weighted by Crippen LogP contribution is 2.32. The van der Waals surface area contributed by atoms with E-state index in [1.165, 1.54) is 24.3 Å². The number of benzene rings is 2. The van der Waals surface area contributed by atoms with Crippen molar-refractivity contribution in [2.24, 2.45) is 0 Å². The highest BCUT2D eigenvalue weighted by Gasteiger charge is 2.31. The van der Waals surface area contributed by atoms with Gasteiger partial charge in [0.2, 0.25) is 12.6 Å². The van der Waals surface area contributed by atoms with E-state index in [0.717, 1.165) is 12.1 Å². The monoisotopic (exact) mass is 408 g/mol. The molecule has 29 heavy (non-hydrogen) atoms. The summed E-state index contributed by atoms with van der Waals surface area (Å²) >= 11 is 0. The zero-order chi connectivity index (χ0) is 20.4. The van der Waals surface area contributed by atoms with Crippen molar-refractivity contribution in [3.63, 3.8) is 0 Å². The van der Waals surface area contributed by atoms with Gasteiger partial charge in [-0.2, -0.15) is 4.98 Å². The number of hydrogen-bond acceptors (Lipinski definition) is 8. The van der Waals surface area contributed by atoms with Gasteiger partial charge in [-0.05, 0) is 42.5 Å². The maximum absolute atomic E-state index is 12.2. The summed E-state index contributed by atoms with van der Waals surface area (Å²) < 4.78 is 60.8. The van der Waals surface area contributed by atoms with Crippen LogP contribution < -0.4 is 14.2 Å². The fourth-order valence-electron chi connectivity index (χ4n) is 2.47. The summed E-state index contributed by atoms with van der Waals surface area (Å²) in [5.41, 5.74) is 0.658. The predicted molar refractivity (Wildman–Crippen MR) is 88.1 cm³/mol. The van der Waals surface area contributed by atoms with Crippen molar-refractivity contribution in [1.82, 2.24) is 10.1 Å². The van der Waals surface area contributed by atoms with Gasteiger partial charge in [0.25, 0.3) is 5.89 Å². The van der Waals surface area contributed by atoms with Crippen LogP contribution in [0.3, 0.4) is 0 Å². The number of esters is 1. The van der Waals surface area contributed by atoms with Crippen LogP contribution >= 0.6 is 0 Å². The lowest BCUT2D eigenvalue weighted by Gasteiger charge is -2.08. The van der Waals surface area contributed by atoms with E-state index in [-0.39, 0.29) is 36.4 Å². The molecule has 0 N–H and O–H groups in total. The molecule has 3 aromatic rings. The molecule has 2 aromatic carbocycles. The van der Waals surface area contributed by atoms with Crippen molar-refractivity contribution in [1.29, 1.82) is 0 Å². The first-order valence-electron chi connectivity index (χ1n) is 8.13. The number of carbonyl (C=O) groups is 1. The third kappa shape index (κ3) is 4.39. The van der Waals surface area contributed by atoms with Gasteiger partial charge >= 0.3 is 12.3 Å². The Morgan fingerprint density at radius 2 is 1.83 bits per heavy atom. The van der Waals surface area contributed by atoms with Crippen molar-refractivity contribution >= 4 is 5.97 Å². The Balaban J connectivity index is 1.37. The number of halogens is 3. The molecule has 0 fully saturated rings. The van der Waals surface area contributed by atoms with E-state index in [1.807, 2.05) is 0 Å². The van der Waals surface area contributed by atoms with Crippen LogP contribution in [0, 0.1) is 0 Å². The van der Waals surface area contributed by atoms with Gasteiger partial charge in [-0.3, -0.25) is 0 Å². The Hall–Kier alpha value is -3.76. The normalized spacial score (nSPS) is 12.7. The second kappa shape index (κ2) is 7.34. The van der Waals surface area contributed by atoms with Crippen LogP contribution in [0.1, 0.15) is 16.2 Å². The molecule has 11 heteroatoms. The molecule has 0 saturated heterocycles. The van der Waals surface area contributed by atoms with Gasteiger partial charge in [0.1, 0.15) is 5.75 Å². The highest BCUT2D eigenvalue weighted by molar-refractivity contribution is 5.90. The summed E-state index contributed by atoms with van der Waals surface area (Å²) in [6.45, 7) is -0.197. The molecule has 0 radical (unpaired) electrons. The molecule has 4 rings (SSSR count). The van der Waals surface area contributed by atoms with Gasteiger partial charge in [0.05, 0.1) is 5.56 Å². The van der Waals surface area contributed by atoms with Gasteiger partial charge in [0.15, 0.2) is 18.1 Å². The smallest absolute Gasteiger partial charge is 0.454 e. The first kappa shape index (κ1) is 18.6. The number of alkyl halides is 3. The number of nitrogens with zero attached hydrogens (tertiary/aromatic N) is 2. The van der Waals surface area contributed by atoms with E-state index in [0.29, 0.717) is 17.1 Å². The minimum absolute atomic E-state index is 0.0183. The van der Waals surface area contributed by atoms with Gasteiger partial charge in [-0.25, -0.2) is 4.79 Å². The second-order valence-corrected chi connectivity index (χ2v) is 5.73. The minimum atomic E-state index is -4.78. The van der Waals surface area contributed by atoms with E-state index < -0.39 is 12.3 Å². The van der Waals surface area contributed by atoms with Crippen LogP contribution in [0.5, 0.6) is 17.2 Å². The lowest BCUT2D eigenvalue weighted by Crippen LogP contribution is -2.16. The lowest BCUT2D eigenvalue weighted by atomic mass is 10.2. The quantitative estimate of drug-likeness (QED) is 0.590. The average molecular weight is 408 g/mol. The third-order valence-electron chi connectivity index (χ3n) is 3.75. The molecule has 1 aliphatic rings. The third-order valence-corrected chi connectivity index (χ3v) is 3.75. The molecule has 0 saturated carbocycles. The molecule has 0 unspecified atom stereocenters. The van der Waals surface area contributed by atoms with Crippen LogP contribution in [-0.4, -0.2) is 29.3 Å². The lowest BCUT2D eigenvalue weighted by molar-refractivity contribution is -0.274. The molecule has 0 atom stereocenters. The molecule has 150 valence electrons. The summed E-state index contributed by atoms with van der Waals surface area (Å²) in [6, 6.07) is 9.55. The molecule has 0 amide bonds. The summed E-state index contributed by atoms with van der Waals surface area (Å²) in [4.78, 5) is 16.2. The Bertz CT molecular complexity index is 1030. The van der Waals surface area contributed by atoms with Crippen molar-refractivity contribution in [2.75, 3.05) is 6.79 Å². The molecule has 1 aromatic heterocycles. The van der Waals surface area contributed by atoms with E-state index in [2.05, 4.69) is 14.9 Å². The summed E-state index contributed by atoms with van der Waals surface area (Å²) in [5.74, 6) is 0.119. The summed E-state index contributed by atoms with van der Waals surface area (Å²) in [7, 11) is 0. The van der Waals surface area contributed by atoms with E-state index in [4.69, 9.17) is 18.7 Å². The molecule has 2 heterocycles. The van der Waals surface area contributed by atoms with Crippen LogP contribution in [0.4, 0.5) is 13.2 Å². The number of aromatic nitrogens is 2. The second-order valence-electron chi connectivity index (χ2n) is 5.73. The number of rotatable bonds is 5. The SMILES string of the molecule is O=C(OCc1nc(-c2ccc(OC(F)(F)F)cc2)no1)c1ccc2c(c1)OCO2. The number of hydrogen-bond donors (Lipinski definition) is 0. The maximum atomic E-state index is 12.2. The van der Waals surface area contributed by atoms with Crippen LogP contribution in [0.15, 0.2) is 47.0 Å². The number of fused-ring (bicyclic) bond motifs is 1. The molecule has 0 aliphatic carbocycles. The largest absolute Gasteiger partial charge is 0.573 e. The molecule has 1 aliphatic heterocycles. The zero-order valence-electron chi connectivity index (χ0n) is 14.4. The van der Waals surface area contributed by atoms with Crippen molar-refractivity contribution in [3.8, 4) is 28.6 Å². The molecular formula is C18H11F3N2O6. The molecule has 8 nitrogen and oxygen atoms in total. The Kier molecular flexibility index (Phi) is 4.71. The fourth-order valence-corrected chi connectivity index (χ4v) is 2.47. The Morgan fingerprint density at radius 3 is 2.59 bits per heavy atom. The highest BCUT2D eigenvalue weighted by atomic mass is 19.4. The topological polar surface area (TPSA) is 92.9 Å². The van der Waals surface area contributed by atoms with Gasteiger partial charge in [-0.15, -0.1) is 13.2 Å². The van der Waals surface area contributed by atoms with Gasteiger partial charge < -0.3 is 23.5 Å². The van der Waals surface area contributed by atoms with E-state index >= 15 is 0 Å². The molecule has 0 spiro atoms. The van der Waals surface area contributed by atoms with Crippen LogP contribution in [0.25, 0.3) is 11.4 Å². The van der Waals surface area contributed by atoms with E-state index in [1.54, 1.807) is 6.07 Å². The van der Waals surface area contributed by atoms with Crippen LogP contribution in [-0.2, 0) is 11.3 Å². The number of ether oxygens (including phenoxy) is 4. The maximum Gasteiger partial charge on any atom is 0.573 e. The first-order chi connectivity index (χ1) is 13.9. The molecule has 0 bridgehead atoms. The van der Waals surface area contributed by atoms with Gasteiger partial charge in [0, 0.05) is 5.56 Å². The standard InChI is InChI=1S/C18H11F3N2O6/c19-18(20,21)28-12-4-1-10(2-5-12)16-22-15(29-23-16)8-25-17(24)11-3-6-13-14(7-11)27-9-26-13/h1-7H,8-9H2. The first-order valence-corrected chi connectivity index (χ1v) is 8.13. The molecular weight excluding hydrogens is 397 g/mol. The fraction of sp³-hybridized carbons (Fsp3) is 0.167. The Labute approximate surface area is 160 Å². The van der Waals surface area contributed by atoms with Crippen LogP contribution in [0.2, 0.25) is 0 Å². The summed E-state index contributed by atoms with van der Waals surface area (Å²) in [6.07, 6.45) is -4.78. The van der Waals surface area contributed by atoms with Gasteiger partial charge in [-0.1, -0.05) is 5.16 Å².